The molecule has 1 fully saturated rings. The summed E-state index contributed by atoms with van der Waals surface area (Å²) < 4.78 is 11.3. The Bertz CT molecular complexity index is 1500. The Morgan fingerprint density at radius 2 is 1.72 bits per heavy atom. The van der Waals surface area contributed by atoms with Crippen LogP contribution in [0.5, 0.6) is 5.75 Å². The quantitative estimate of drug-likeness (QED) is 0.168. The van der Waals surface area contributed by atoms with Gasteiger partial charge in [-0.1, -0.05) is 36.4 Å². The van der Waals surface area contributed by atoms with Crippen molar-refractivity contribution in [1.29, 1.82) is 0 Å². The molecule has 0 atom stereocenters. The van der Waals surface area contributed by atoms with Gasteiger partial charge in [0.15, 0.2) is 5.17 Å². The largest absolute Gasteiger partial charge is 0.496 e. The molecule has 1 aliphatic rings. The van der Waals surface area contributed by atoms with Crippen LogP contribution in [-0.2, 0) is 4.79 Å². The van der Waals surface area contributed by atoms with Crippen molar-refractivity contribution in [2.75, 3.05) is 12.0 Å². The number of para-hydroxylation sites is 2. The van der Waals surface area contributed by atoms with Crippen LogP contribution >= 0.6 is 11.8 Å². The van der Waals surface area contributed by atoms with Gasteiger partial charge in [0, 0.05) is 18.2 Å². The molecular formula is C27H19N3O5S. The monoisotopic (exact) mass is 497 g/mol. The minimum atomic E-state index is -0.478. The smallest absolute Gasteiger partial charge is 0.271 e. The number of hydrogen-bond acceptors (Lipinski definition) is 7. The molecule has 0 saturated carbocycles. The van der Waals surface area contributed by atoms with Crippen molar-refractivity contribution >= 4 is 46.0 Å². The topological polar surface area (TPSA) is 98.2 Å². The number of hydrogen-bond donors (Lipinski definition) is 0. The highest BCUT2D eigenvalue weighted by Crippen LogP contribution is 2.39. The van der Waals surface area contributed by atoms with Crippen molar-refractivity contribution in [2.24, 2.45) is 4.99 Å². The van der Waals surface area contributed by atoms with Gasteiger partial charge in [0.2, 0.25) is 0 Å². The van der Waals surface area contributed by atoms with E-state index in [0.717, 1.165) is 5.69 Å². The summed E-state index contributed by atoms with van der Waals surface area (Å²) in [6.45, 7) is 0. The van der Waals surface area contributed by atoms with Gasteiger partial charge in [-0.2, -0.15) is 0 Å². The zero-order valence-electron chi connectivity index (χ0n) is 19.0. The molecule has 0 spiro atoms. The number of carbonyl (C=O) groups excluding carboxylic acids is 1. The van der Waals surface area contributed by atoms with Crippen molar-refractivity contribution < 1.29 is 18.9 Å². The first-order chi connectivity index (χ1) is 17.5. The van der Waals surface area contributed by atoms with Crippen molar-refractivity contribution in [3.63, 3.8) is 0 Å². The molecule has 1 aliphatic heterocycles. The van der Waals surface area contributed by atoms with Crippen LogP contribution in [0.3, 0.4) is 0 Å². The molecule has 9 heteroatoms. The number of ether oxygens (including phenoxy) is 1. The molecule has 178 valence electrons. The number of methoxy groups -OCH3 is 1. The average Bonchev–Trinajstić information content (AvgIpc) is 3.49. The van der Waals surface area contributed by atoms with Gasteiger partial charge in [-0.05, 0) is 54.2 Å². The van der Waals surface area contributed by atoms with Gasteiger partial charge in [-0.3, -0.25) is 19.8 Å². The predicted octanol–water partition coefficient (Wildman–Crippen LogP) is 6.67. The maximum atomic E-state index is 13.4. The van der Waals surface area contributed by atoms with Gasteiger partial charge in [-0.15, -0.1) is 0 Å². The SMILES string of the molecule is COc1ccc([N+](=O)[O-])cc1-c1ccc(/C=C2/SC(=Nc3ccccc3)N(c3ccccc3)C2=O)o1. The lowest BCUT2D eigenvalue weighted by Gasteiger charge is -2.15. The van der Waals surface area contributed by atoms with Crippen LogP contribution in [0.4, 0.5) is 17.1 Å². The number of nitro benzene ring substituents is 1. The molecule has 1 aromatic heterocycles. The van der Waals surface area contributed by atoms with E-state index in [4.69, 9.17) is 14.1 Å². The first-order valence-corrected chi connectivity index (χ1v) is 11.7. The third-order valence-electron chi connectivity index (χ3n) is 5.36. The highest BCUT2D eigenvalue weighted by Gasteiger charge is 2.35. The number of amides is 1. The fraction of sp³-hybridized carbons (Fsp3) is 0.0370. The summed E-state index contributed by atoms with van der Waals surface area (Å²) in [5.74, 6) is 1.01. The normalized spacial score (nSPS) is 15.6. The second-order valence-corrected chi connectivity index (χ2v) is 8.67. The highest BCUT2D eigenvalue weighted by atomic mass is 32.2. The van der Waals surface area contributed by atoms with Crippen molar-refractivity contribution in [2.45, 2.75) is 0 Å². The van der Waals surface area contributed by atoms with Crippen LogP contribution in [0.1, 0.15) is 5.76 Å². The van der Waals surface area contributed by atoms with E-state index in [0.29, 0.717) is 38.6 Å². The number of thioether (sulfide) groups is 1. The Balaban J connectivity index is 1.51. The third kappa shape index (κ3) is 4.64. The molecule has 1 saturated heterocycles. The lowest BCUT2D eigenvalue weighted by Crippen LogP contribution is -2.28. The summed E-state index contributed by atoms with van der Waals surface area (Å²) in [6.07, 6.45) is 1.64. The van der Waals surface area contributed by atoms with Crippen LogP contribution < -0.4 is 9.64 Å². The molecule has 3 aromatic carbocycles. The number of aliphatic imine (C=N–C) groups is 1. The standard InChI is InChI=1S/C27H19N3O5S/c1-34-23-14-12-20(30(32)33)16-22(23)24-15-13-21(35-24)17-25-26(31)29(19-10-6-3-7-11-19)27(36-25)28-18-8-4-2-5-9-18/h2-17H,1H3/b25-17+,28-27?. The molecule has 0 aliphatic carbocycles. The zero-order chi connectivity index (χ0) is 25.1. The van der Waals surface area contributed by atoms with Crippen LogP contribution in [0, 0.1) is 10.1 Å². The molecule has 0 unspecified atom stereocenters. The minimum Gasteiger partial charge on any atom is -0.496 e. The van der Waals surface area contributed by atoms with E-state index in [-0.39, 0.29) is 11.6 Å². The maximum Gasteiger partial charge on any atom is 0.271 e. The second kappa shape index (κ2) is 9.93. The van der Waals surface area contributed by atoms with Crippen LogP contribution in [-0.4, -0.2) is 23.1 Å². The number of furan rings is 1. The lowest BCUT2D eigenvalue weighted by molar-refractivity contribution is -0.384. The van der Waals surface area contributed by atoms with Gasteiger partial charge < -0.3 is 9.15 Å². The Hall–Kier alpha value is -4.63. The number of nitrogens with zero attached hydrogens (tertiary/aromatic N) is 3. The highest BCUT2D eigenvalue weighted by molar-refractivity contribution is 8.19. The Labute approximate surface area is 210 Å². The van der Waals surface area contributed by atoms with E-state index in [1.54, 1.807) is 23.1 Å². The third-order valence-corrected chi connectivity index (χ3v) is 6.33. The summed E-state index contributed by atoms with van der Waals surface area (Å²) in [5, 5.41) is 11.8. The predicted molar refractivity (Wildman–Crippen MR) is 140 cm³/mol. The van der Waals surface area contributed by atoms with E-state index in [1.165, 1.54) is 37.1 Å². The number of nitro groups is 1. The molecule has 0 N–H and O–H groups in total. The van der Waals surface area contributed by atoms with Crippen LogP contribution in [0.25, 0.3) is 17.4 Å². The van der Waals surface area contributed by atoms with Crippen molar-refractivity contribution in [3.05, 3.63) is 112 Å². The van der Waals surface area contributed by atoms with Crippen LogP contribution in [0.2, 0.25) is 0 Å². The molecular weight excluding hydrogens is 478 g/mol. The van der Waals surface area contributed by atoms with Gasteiger partial charge in [0.05, 0.1) is 33.9 Å². The maximum absolute atomic E-state index is 13.4. The second-order valence-electron chi connectivity index (χ2n) is 7.66. The van der Waals surface area contributed by atoms with E-state index in [9.17, 15) is 14.9 Å². The first-order valence-electron chi connectivity index (χ1n) is 10.9. The number of carbonyl (C=O) groups is 1. The Kier molecular flexibility index (Phi) is 6.38. The van der Waals surface area contributed by atoms with Gasteiger partial charge >= 0.3 is 0 Å². The molecule has 2 heterocycles. The number of benzene rings is 3. The molecule has 0 bridgehead atoms. The van der Waals surface area contributed by atoms with E-state index < -0.39 is 4.92 Å². The Morgan fingerprint density at radius 1 is 1.00 bits per heavy atom. The lowest BCUT2D eigenvalue weighted by atomic mass is 10.1. The van der Waals surface area contributed by atoms with Crippen LogP contribution in [0.15, 0.2) is 105 Å². The molecule has 8 nitrogen and oxygen atoms in total. The zero-order valence-corrected chi connectivity index (χ0v) is 19.8. The van der Waals surface area contributed by atoms with Gasteiger partial charge in [0.1, 0.15) is 17.3 Å². The molecule has 5 rings (SSSR count). The average molecular weight is 498 g/mol. The molecule has 0 radical (unpaired) electrons. The molecule has 4 aromatic rings. The molecule has 1 amide bonds. The van der Waals surface area contributed by atoms with E-state index in [1.807, 2.05) is 60.7 Å². The Morgan fingerprint density at radius 3 is 2.42 bits per heavy atom. The molecule has 36 heavy (non-hydrogen) atoms. The van der Waals surface area contributed by atoms with Gasteiger partial charge in [-0.25, -0.2) is 4.99 Å². The summed E-state index contributed by atoms with van der Waals surface area (Å²) in [6, 6.07) is 26.4. The van der Waals surface area contributed by atoms with Gasteiger partial charge in [0.25, 0.3) is 11.6 Å². The minimum absolute atomic E-state index is 0.0797. The fourth-order valence-corrected chi connectivity index (χ4v) is 4.65. The van der Waals surface area contributed by atoms with Crippen molar-refractivity contribution in [1.82, 2.24) is 0 Å². The number of rotatable bonds is 6. The van der Waals surface area contributed by atoms with E-state index >= 15 is 0 Å². The first kappa shape index (κ1) is 23.1. The van der Waals surface area contributed by atoms with Crippen molar-refractivity contribution in [3.8, 4) is 17.1 Å². The van der Waals surface area contributed by atoms with E-state index in [2.05, 4.69) is 0 Å². The number of anilines is 1. The summed E-state index contributed by atoms with van der Waals surface area (Å²) in [4.78, 5) is 30.9. The summed E-state index contributed by atoms with van der Waals surface area (Å²) in [5.41, 5.74) is 1.80. The fourth-order valence-electron chi connectivity index (χ4n) is 3.67. The number of non-ortho nitro benzene ring substituents is 1. The summed E-state index contributed by atoms with van der Waals surface area (Å²) in [7, 11) is 1.48. The summed E-state index contributed by atoms with van der Waals surface area (Å²) >= 11 is 1.24. The number of amidine groups is 1.